The highest BCUT2D eigenvalue weighted by Crippen LogP contribution is 2.26. The molecule has 0 aromatic carbocycles. The summed E-state index contributed by atoms with van der Waals surface area (Å²) in [5.41, 5.74) is 2.60. The van der Waals surface area contributed by atoms with Gasteiger partial charge in [-0.1, -0.05) is 19.0 Å². The Kier molecular flexibility index (Phi) is 4.23. The first kappa shape index (κ1) is 14.7. The van der Waals surface area contributed by atoms with E-state index < -0.39 is 0 Å². The van der Waals surface area contributed by atoms with Gasteiger partial charge in [0.05, 0.1) is 17.3 Å². The highest BCUT2D eigenvalue weighted by molar-refractivity contribution is 7.13. The van der Waals surface area contributed by atoms with Crippen molar-refractivity contribution in [1.29, 1.82) is 0 Å². The van der Waals surface area contributed by atoms with Crippen molar-refractivity contribution in [3.63, 3.8) is 0 Å². The number of hydrogen-bond donors (Lipinski definition) is 1. The van der Waals surface area contributed by atoms with Gasteiger partial charge in [-0.3, -0.25) is 4.79 Å². The van der Waals surface area contributed by atoms with Crippen LogP contribution in [-0.4, -0.2) is 16.0 Å². The lowest BCUT2D eigenvalue weighted by Crippen LogP contribution is -2.19. The quantitative estimate of drug-likeness (QED) is 0.935. The second-order valence-electron chi connectivity index (χ2n) is 5.18. The Morgan fingerprint density at radius 2 is 2.05 bits per heavy atom. The molecular formula is C14H19N3O2S. The molecule has 2 aromatic heterocycles. The molecule has 0 radical (unpaired) electrons. The molecule has 20 heavy (non-hydrogen) atoms. The highest BCUT2D eigenvalue weighted by atomic mass is 32.1. The van der Waals surface area contributed by atoms with Gasteiger partial charge in [0, 0.05) is 10.9 Å². The lowest BCUT2D eigenvalue weighted by atomic mass is 9.99. The van der Waals surface area contributed by atoms with E-state index in [1.54, 1.807) is 0 Å². The number of aromatic nitrogens is 2. The Balaban J connectivity index is 2.11. The summed E-state index contributed by atoms with van der Waals surface area (Å²) >= 11 is 1.45. The minimum atomic E-state index is -0.312. The van der Waals surface area contributed by atoms with Crippen molar-refractivity contribution in [3.05, 3.63) is 28.1 Å². The molecule has 0 aliphatic heterocycles. The molecule has 0 fully saturated rings. The third-order valence-electron chi connectivity index (χ3n) is 3.26. The Bertz CT molecular complexity index is 596. The Morgan fingerprint density at radius 3 is 2.55 bits per heavy atom. The lowest BCUT2D eigenvalue weighted by Gasteiger charge is -2.10. The van der Waals surface area contributed by atoms with Crippen LogP contribution in [0.15, 0.2) is 9.90 Å². The first-order chi connectivity index (χ1) is 9.40. The van der Waals surface area contributed by atoms with E-state index in [4.69, 9.17) is 4.52 Å². The van der Waals surface area contributed by atoms with Gasteiger partial charge in [0.2, 0.25) is 5.91 Å². The van der Waals surface area contributed by atoms with Crippen molar-refractivity contribution in [3.8, 4) is 0 Å². The molecule has 6 heteroatoms. The molecule has 1 N–H and O–H groups in total. The van der Waals surface area contributed by atoms with Crippen molar-refractivity contribution in [2.45, 2.75) is 46.5 Å². The summed E-state index contributed by atoms with van der Waals surface area (Å²) in [5.74, 6) is 0.640. The maximum Gasteiger partial charge on any atom is 0.233 e. The van der Waals surface area contributed by atoms with Gasteiger partial charge in [-0.25, -0.2) is 4.98 Å². The van der Waals surface area contributed by atoms with Gasteiger partial charge >= 0.3 is 0 Å². The number of nitrogens with one attached hydrogen (secondary N) is 1. The molecule has 0 spiro atoms. The predicted octanol–water partition coefficient (Wildman–Crippen LogP) is 3.61. The second-order valence-corrected chi connectivity index (χ2v) is 6.04. The van der Waals surface area contributed by atoms with E-state index in [1.165, 1.54) is 11.3 Å². The summed E-state index contributed by atoms with van der Waals surface area (Å²) in [6.07, 6.45) is 0. The zero-order chi connectivity index (χ0) is 14.9. The zero-order valence-corrected chi connectivity index (χ0v) is 13.2. The molecule has 2 aromatic rings. The number of hydrogen-bond acceptors (Lipinski definition) is 5. The number of aryl methyl sites for hydroxylation is 2. The first-order valence-electron chi connectivity index (χ1n) is 6.59. The van der Waals surface area contributed by atoms with Crippen LogP contribution in [0.25, 0.3) is 0 Å². The number of anilines is 1. The van der Waals surface area contributed by atoms with E-state index in [0.717, 1.165) is 17.0 Å². The van der Waals surface area contributed by atoms with E-state index in [2.05, 4.69) is 29.3 Å². The summed E-state index contributed by atoms with van der Waals surface area (Å²) in [7, 11) is 0. The number of rotatable bonds is 4. The molecule has 1 amide bonds. The first-order valence-corrected chi connectivity index (χ1v) is 7.47. The third kappa shape index (κ3) is 2.90. The van der Waals surface area contributed by atoms with Crippen LogP contribution in [-0.2, 0) is 4.79 Å². The molecular weight excluding hydrogens is 274 g/mol. The largest absolute Gasteiger partial charge is 0.361 e. The number of thiazole rings is 1. The number of nitrogens with zero attached hydrogens (tertiary/aromatic N) is 2. The molecule has 0 aliphatic rings. The van der Waals surface area contributed by atoms with Crippen LogP contribution in [0.3, 0.4) is 0 Å². The Labute approximate surface area is 122 Å². The molecule has 1 atom stereocenters. The van der Waals surface area contributed by atoms with Gasteiger partial charge in [0.1, 0.15) is 5.76 Å². The SMILES string of the molecule is Cc1noc(C)c1[C@@H](C)C(=O)Nc1nc(C(C)C)cs1. The van der Waals surface area contributed by atoms with Crippen LogP contribution in [0.4, 0.5) is 5.13 Å². The normalized spacial score (nSPS) is 12.7. The van der Waals surface area contributed by atoms with E-state index >= 15 is 0 Å². The van der Waals surface area contributed by atoms with Crippen molar-refractivity contribution in [2.75, 3.05) is 5.32 Å². The molecule has 5 nitrogen and oxygen atoms in total. The van der Waals surface area contributed by atoms with Gasteiger partial charge in [-0.2, -0.15) is 0 Å². The molecule has 2 rings (SSSR count). The predicted molar refractivity (Wildman–Crippen MR) is 79.2 cm³/mol. The maximum atomic E-state index is 12.3. The van der Waals surface area contributed by atoms with Gasteiger partial charge in [-0.05, 0) is 26.7 Å². The molecule has 0 bridgehead atoms. The number of amides is 1. The Hall–Kier alpha value is -1.69. The highest BCUT2D eigenvalue weighted by Gasteiger charge is 2.23. The lowest BCUT2D eigenvalue weighted by molar-refractivity contribution is -0.117. The van der Waals surface area contributed by atoms with Crippen molar-refractivity contribution in [2.24, 2.45) is 0 Å². The van der Waals surface area contributed by atoms with Crippen LogP contribution in [0.1, 0.15) is 55.3 Å². The fraction of sp³-hybridized carbons (Fsp3) is 0.500. The summed E-state index contributed by atoms with van der Waals surface area (Å²) in [4.78, 5) is 16.7. The summed E-state index contributed by atoms with van der Waals surface area (Å²) in [5, 5.41) is 9.35. The molecule has 0 aliphatic carbocycles. The topological polar surface area (TPSA) is 68.0 Å². The van der Waals surface area contributed by atoms with E-state index in [1.807, 2.05) is 26.2 Å². The molecule has 0 saturated heterocycles. The maximum absolute atomic E-state index is 12.3. The van der Waals surface area contributed by atoms with Crippen LogP contribution in [0, 0.1) is 13.8 Å². The average molecular weight is 293 g/mol. The van der Waals surface area contributed by atoms with E-state index in [-0.39, 0.29) is 11.8 Å². The van der Waals surface area contributed by atoms with Gasteiger partial charge in [0.25, 0.3) is 0 Å². The smallest absolute Gasteiger partial charge is 0.233 e. The number of carbonyl (C=O) groups is 1. The minimum absolute atomic E-state index is 0.0935. The summed E-state index contributed by atoms with van der Waals surface area (Å²) in [6.45, 7) is 9.66. The van der Waals surface area contributed by atoms with Crippen LogP contribution < -0.4 is 5.32 Å². The molecule has 2 heterocycles. The fourth-order valence-corrected chi connectivity index (χ4v) is 2.94. The number of carbonyl (C=O) groups excluding carboxylic acids is 1. The van der Waals surface area contributed by atoms with Crippen LogP contribution >= 0.6 is 11.3 Å². The average Bonchev–Trinajstić information content (AvgIpc) is 2.96. The molecule has 108 valence electrons. The minimum Gasteiger partial charge on any atom is -0.361 e. The second kappa shape index (κ2) is 5.75. The van der Waals surface area contributed by atoms with Crippen molar-refractivity contribution >= 4 is 22.4 Å². The standard InChI is InChI=1S/C14H19N3O2S/c1-7(2)11-6-20-14(15-11)16-13(18)8(3)12-9(4)17-19-10(12)5/h6-8H,1-5H3,(H,15,16,18)/t8-/m1/s1. The van der Waals surface area contributed by atoms with Crippen molar-refractivity contribution < 1.29 is 9.32 Å². The van der Waals surface area contributed by atoms with Gasteiger partial charge in [-0.15, -0.1) is 11.3 Å². The monoisotopic (exact) mass is 293 g/mol. The zero-order valence-electron chi connectivity index (χ0n) is 12.4. The fourth-order valence-electron chi connectivity index (χ4n) is 2.06. The van der Waals surface area contributed by atoms with Crippen LogP contribution in [0.5, 0.6) is 0 Å². The van der Waals surface area contributed by atoms with Crippen molar-refractivity contribution in [1.82, 2.24) is 10.1 Å². The molecule has 0 saturated carbocycles. The molecule has 0 unspecified atom stereocenters. The third-order valence-corrected chi connectivity index (χ3v) is 4.03. The van der Waals surface area contributed by atoms with Gasteiger partial charge < -0.3 is 9.84 Å². The summed E-state index contributed by atoms with van der Waals surface area (Å²) < 4.78 is 5.11. The van der Waals surface area contributed by atoms with Gasteiger partial charge in [0.15, 0.2) is 5.13 Å². The van der Waals surface area contributed by atoms with Crippen LogP contribution in [0.2, 0.25) is 0 Å². The van der Waals surface area contributed by atoms with E-state index in [9.17, 15) is 4.79 Å². The Morgan fingerprint density at radius 1 is 1.35 bits per heavy atom. The van der Waals surface area contributed by atoms with E-state index in [0.29, 0.717) is 16.8 Å². The summed E-state index contributed by atoms with van der Waals surface area (Å²) in [6, 6.07) is 0.